The third-order valence-corrected chi connectivity index (χ3v) is 4.67. The maximum Gasteiger partial charge on any atom is 0.513 e. The summed E-state index contributed by atoms with van der Waals surface area (Å²) in [5.41, 5.74) is 6.21. The van der Waals surface area contributed by atoms with Crippen LogP contribution in [-0.2, 0) is 16.0 Å². The van der Waals surface area contributed by atoms with E-state index in [1.165, 1.54) is 0 Å². The lowest BCUT2D eigenvalue weighted by Gasteiger charge is -2.15. The van der Waals surface area contributed by atoms with Gasteiger partial charge >= 0.3 is 12.1 Å². The summed E-state index contributed by atoms with van der Waals surface area (Å²) in [7, 11) is -1.24. The molecule has 0 aliphatic heterocycles. The van der Waals surface area contributed by atoms with Gasteiger partial charge in [-0.3, -0.25) is 4.79 Å². The van der Waals surface area contributed by atoms with Crippen molar-refractivity contribution in [2.24, 2.45) is 5.73 Å². The van der Waals surface area contributed by atoms with Gasteiger partial charge in [-0.1, -0.05) is 31.8 Å². The fourth-order valence-corrected chi connectivity index (χ4v) is 2.32. The van der Waals surface area contributed by atoms with Gasteiger partial charge < -0.3 is 20.3 Å². The highest BCUT2D eigenvalue weighted by Gasteiger charge is 2.15. The first-order valence-corrected chi connectivity index (χ1v) is 10.8. The molecular weight excluding hydrogens is 302 g/mol. The van der Waals surface area contributed by atoms with Gasteiger partial charge in [-0.25, -0.2) is 4.79 Å². The van der Waals surface area contributed by atoms with Crippen LogP contribution in [0, 0.1) is 0 Å². The summed E-state index contributed by atoms with van der Waals surface area (Å²) in [6.07, 6.45) is -0.510. The molecule has 7 heteroatoms. The van der Waals surface area contributed by atoms with E-state index in [2.05, 4.69) is 19.6 Å². The van der Waals surface area contributed by atoms with Crippen LogP contribution in [0.25, 0.3) is 0 Å². The Morgan fingerprint density at radius 2 is 1.82 bits per heavy atom. The molecule has 0 aliphatic carbocycles. The minimum absolute atomic E-state index is 0.219. The number of rotatable bonds is 7. The number of ether oxygens (including phenoxy) is 2. The summed E-state index contributed by atoms with van der Waals surface area (Å²) in [5, 5.41) is 8.75. The van der Waals surface area contributed by atoms with Crippen LogP contribution in [0.1, 0.15) is 5.56 Å². The number of aliphatic carboxylic acids is 1. The lowest BCUT2D eigenvalue weighted by Crippen LogP contribution is -2.32. The third-order valence-electron chi connectivity index (χ3n) is 2.97. The first-order chi connectivity index (χ1) is 10.2. The second kappa shape index (κ2) is 7.95. The maximum absolute atomic E-state index is 11.5. The number of nitrogens with two attached hydrogens (primary N) is 1. The van der Waals surface area contributed by atoms with Crippen molar-refractivity contribution in [1.29, 1.82) is 0 Å². The highest BCUT2D eigenvalue weighted by Crippen LogP contribution is 2.14. The first-order valence-electron chi connectivity index (χ1n) is 7.09. The van der Waals surface area contributed by atoms with E-state index in [0.717, 1.165) is 11.6 Å². The first kappa shape index (κ1) is 18.2. The Morgan fingerprint density at radius 1 is 1.23 bits per heavy atom. The lowest BCUT2D eigenvalue weighted by atomic mass is 10.1. The number of benzene rings is 1. The van der Waals surface area contributed by atoms with Crippen molar-refractivity contribution in [1.82, 2.24) is 0 Å². The van der Waals surface area contributed by atoms with E-state index < -0.39 is 26.2 Å². The van der Waals surface area contributed by atoms with Crippen LogP contribution >= 0.6 is 0 Å². The van der Waals surface area contributed by atoms with Crippen LogP contribution in [0.3, 0.4) is 0 Å². The fraction of sp³-hybridized carbons (Fsp3) is 0.467. The van der Waals surface area contributed by atoms with Crippen molar-refractivity contribution in [2.75, 3.05) is 6.61 Å². The van der Waals surface area contributed by atoms with Gasteiger partial charge in [0.05, 0.1) is 6.61 Å². The number of hydrogen-bond acceptors (Lipinski definition) is 5. The average molecular weight is 325 g/mol. The van der Waals surface area contributed by atoms with Crippen LogP contribution in [-0.4, -0.2) is 38.0 Å². The van der Waals surface area contributed by atoms with Crippen LogP contribution in [0.4, 0.5) is 4.79 Å². The summed E-state index contributed by atoms with van der Waals surface area (Å²) in [4.78, 5) is 22.2. The van der Waals surface area contributed by atoms with Crippen LogP contribution in [0.2, 0.25) is 25.7 Å². The summed E-state index contributed by atoms with van der Waals surface area (Å²) >= 11 is 0. The Kier molecular flexibility index (Phi) is 6.57. The SMILES string of the molecule is C[Si](C)(C)CCOC(=O)Oc1ccc(C[C@H](N)C(=O)O)cc1. The zero-order valence-electron chi connectivity index (χ0n) is 13.2. The van der Waals surface area contributed by atoms with Crippen molar-refractivity contribution < 1.29 is 24.2 Å². The van der Waals surface area contributed by atoms with Gasteiger partial charge in [0.25, 0.3) is 0 Å². The Labute approximate surface area is 131 Å². The highest BCUT2D eigenvalue weighted by molar-refractivity contribution is 6.76. The molecule has 6 nitrogen and oxygen atoms in total. The molecule has 0 spiro atoms. The number of hydrogen-bond donors (Lipinski definition) is 2. The number of carbonyl (C=O) groups excluding carboxylic acids is 1. The smallest absolute Gasteiger partial charge is 0.480 e. The molecule has 0 bridgehead atoms. The topological polar surface area (TPSA) is 98.9 Å². The molecule has 3 N–H and O–H groups in total. The predicted molar refractivity (Wildman–Crippen MR) is 85.9 cm³/mol. The van der Waals surface area contributed by atoms with Gasteiger partial charge in [-0.2, -0.15) is 0 Å². The monoisotopic (exact) mass is 325 g/mol. The Bertz CT molecular complexity index is 510. The zero-order valence-corrected chi connectivity index (χ0v) is 14.2. The second-order valence-electron chi connectivity index (χ2n) is 6.30. The Hall–Kier alpha value is -1.86. The van der Waals surface area contributed by atoms with Gasteiger partial charge in [0.2, 0.25) is 0 Å². The van der Waals surface area contributed by atoms with Crippen molar-refractivity contribution in [3.05, 3.63) is 29.8 Å². The molecule has 0 saturated carbocycles. The minimum atomic E-state index is -1.24. The molecule has 1 rings (SSSR count). The molecule has 0 aliphatic rings. The molecule has 0 saturated heterocycles. The van der Waals surface area contributed by atoms with Crippen molar-refractivity contribution in [2.45, 2.75) is 38.1 Å². The van der Waals surface area contributed by atoms with Crippen LogP contribution < -0.4 is 10.5 Å². The number of carboxylic acids is 1. The average Bonchev–Trinajstić information content (AvgIpc) is 2.39. The van der Waals surface area contributed by atoms with Gasteiger partial charge in [-0.05, 0) is 30.2 Å². The quantitative estimate of drug-likeness (QED) is 0.454. The minimum Gasteiger partial charge on any atom is -0.480 e. The molecule has 0 unspecified atom stereocenters. The molecule has 0 aromatic heterocycles. The van der Waals surface area contributed by atoms with Crippen LogP contribution in [0.5, 0.6) is 5.75 Å². The summed E-state index contributed by atoms with van der Waals surface area (Å²) in [5.74, 6) is -0.697. The summed E-state index contributed by atoms with van der Waals surface area (Å²) in [6, 6.07) is 6.46. The van der Waals surface area contributed by atoms with E-state index in [1.807, 2.05) is 0 Å². The van der Waals surface area contributed by atoms with E-state index in [-0.39, 0.29) is 6.42 Å². The van der Waals surface area contributed by atoms with E-state index >= 15 is 0 Å². The summed E-state index contributed by atoms with van der Waals surface area (Å²) < 4.78 is 10.1. The molecule has 1 atom stereocenters. The summed E-state index contributed by atoms with van der Waals surface area (Å²) in [6.45, 7) is 6.95. The maximum atomic E-state index is 11.5. The number of carboxylic acid groups (broad SMARTS) is 1. The third kappa shape index (κ3) is 7.23. The number of carbonyl (C=O) groups is 2. The molecule has 0 heterocycles. The second-order valence-corrected chi connectivity index (χ2v) is 11.9. The normalized spacial score (nSPS) is 12.5. The highest BCUT2D eigenvalue weighted by atomic mass is 28.3. The fourth-order valence-electron chi connectivity index (χ4n) is 1.60. The molecule has 0 radical (unpaired) electrons. The van der Waals surface area contributed by atoms with Crippen LogP contribution in [0.15, 0.2) is 24.3 Å². The Balaban J connectivity index is 2.43. The molecule has 1 aromatic rings. The Morgan fingerprint density at radius 3 is 2.32 bits per heavy atom. The molecule has 22 heavy (non-hydrogen) atoms. The van der Waals surface area contributed by atoms with Gasteiger partial charge in [0.15, 0.2) is 0 Å². The molecule has 0 fully saturated rings. The molecule has 0 amide bonds. The van der Waals surface area contributed by atoms with Gasteiger partial charge in [0.1, 0.15) is 11.8 Å². The van der Waals surface area contributed by atoms with Crippen molar-refractivity contribution in [3.63, 3.8) is 0 Å². The van der Waals surface area contributed by atoms with Crippen molar-refractivity contribution >= 4 is 20.2 Å². The molecule has 1 aromatic carbocycles. The predicted octanol–water partition coefficient (Wildman–Crippen LogP) is 2.49. The zero-order chi connectivity index (χ0) is 16.8. The molecule has 122 valence electrons. The van der Waals surface area contributed by atoms with Crippen molar-refractivity contribution in [3.8, 4) is 5.75 Å². The van der Waals surface area contributed by atoms with E-state index in [0.29, 0.717) is 12.4 Å². The standard InChI is InChI=1S/C15H23NO5Si/c1-22(2,3)9-8-20-15(19)21-12-6-4-11(5-7-12)10-13(16)14(17)18/h4-7,13H,8-10,16H2,1-3H3,(H,17,18)/t13-/m0/s1. The van der Waals surface area contributed by atoms with Gasteiger partial charge in [0, 0.05) is 8.07 Å². The lowest BCUT2D eigenvalue weighted by molar-refractivity contribution is -0.138. The van der Waals surface area contributed by atoms with E-state index in [9.17, 15) is 9.59 Å². The van der Waals surface area contributed by atoms with E-state index in [4.69, 9.17) is 20.3 Å². The molecular formula is C15H23NO5Si. The van der Waals surface area contributed by atoms with E-state index in [1.54, 1.807) is 24.3 Å². The largest absolute Gasteiger partial charge is 0.513 e. The van der Waals surface area contributed by atoms with Gasteiger partial charge in [-0.15, -0.1) is 0 Å².